The van der Waals surface area contributed by atoms with Gasteiger partial charge in [-0.05, 0) is 44.3 Å². The van der Waals surface area contributed by atoms with E-state index in [4.69, 9.17) is 0 Å². The predicted molar refractivity (Wildman–Crippen MR) is 65.7 cm³/mol. The number of hydrogen-bond donors (Lipinski definition) is 1. The first kappa shape index (κ1) is 11.3. The number of benzene rings is 1. The van der Waals surface area contributed by atoms with E-state index < -0.39 is 0 Å². The van der Waals surface area contributed by atoms with E-state index in [2.05, 4.69) is 5.32 Å². The van der Waals surface area contributed by atoms with E-state index in [1.165, 1.54) is 12.8 Å². The van der Waals surface area contributed by atoms with E-state index in [1.54, 1.807) is 0 Å². The van der Waals surface area contributed by atoms with E-state index in [0.717, 1.165) is 24.2 Å². The second-order valence-corrected chi connectivity index (χ2v) is 4.65. The maximum atomic E-state index is 12.1. The molecule has 2 heteroatoms. The van der Waals surface area contributed by atoms with Gasteiger partial charge >= 0.3 is 0 Å². The summed E-state index contributed by atoms with van der Waals surface area (Å²) in [5.41, 5.74) is 1.99. The van der Waals surface area contributed by atoms with E-state index >= 15 is 0 Å². The first-order valence-electron chi connectivity index (χ1n) is 6.07. The molecule has 1 aromatic rings. The fourth-order valence-electron chi connectivity index (χ4n) is 2.36. The Bertz CT molecular complexity index is 367. The number of carbonyl (C=O) groups excluding carboxylic acids is 1. The smallest absolute Gasteiger partial charge is 0.163 e. The van der Waals surface area contributed by atoms with Gasteiger partial charge < -0.3 is 5.32 Å². The maximum Gasteiger partial charge on any atom is 0.163 e. The quantitative estimate of drug-likeness (QED) is 0.788. The molecule has 2 rings (SSSR count). The van der Waals surface area contributed by atoms with Crippen molar-refractivity contribution in [3.8, 4) is 0 Å². The van der Waals surface area contributed by atoms with Crippen molar-refractivity contribution in [1.82, 2.24) is 5.32 Å². The van der Waals surface area contributed by atoms with Crippen LogP contribution in [0.1, 0.15) is 35.2 Å². The highest BCUT2D eigenvalue weighted by Gasteiger charge is 2.18. The normalized spacial score (nSPS) is 20.7. The lowest BCUT2D eigenvalue weighted by Gasteiger charge is -2.22. The van der Waals surface area contributed by atoms with Gasteiger partial charge in [0.1, 0.15) is 0 Å². The van der Waals surface area contributed by atoms with Gasteiger partial charge in [-0.15, -0.1) is 0 Å². The predicted octanol–water partition coefficient (Wildman–Crippen LogP) is 2.57. The summed E-state index contributed by atoms with van der Waals surface area (Å²) >= 11 is 0. The third-order valence-corrected chi connectivity index (χ3v) is 3.32. The van der Waals surface area contributed by atoms with Crippen molar-refractivity contribution in [2.24, 2.45) is 5.92 Å². The minimum Gasteiger partial charge on any atom is -0.316 e. The number of ketones is 1. The fraction of sp³-hybridized carbons (Fsp3) is 0.500. The molecule has 0 bridgehead atoms. The van der Waals surface area contributed by atoms with Crippen LogP contribution in [0.25, 0.3) is 0 Å². The summed E-state index contributed by atoms with van der Waals surface area (Å²) in [4.78, 5) is 12.1. The molecule has 86 valence electrons. The lowest BCUT2D eigenvalue weighted by molar-refractivity contribution is 0.0953. The SMILES string of the molecule is Cc1ccccc1C(=O)CC1CCCNC1. The monoisotopic (exact) mass is 217 g/mol. The van der Waals surface area contributed by atoms with Crippen molar-refractivity contribution >= 4 is 5.78 Å². The highest BCUT2D eigenvalue weighted by Crippen LogP contribution is 2.18. The maximum absolute atomic E-state index is 12.1. The summed E-state index contributed by atoms with van der Waals surface area (Å²) in [6, 6.07) is 7.87. The van der Waals surface area contributed by atoms with Crippen molar-refractivity contribution in [2.45, 2.75) is 26.2 Å². The molecule has 1 aromatic carbocycles. The van der Waals surface area contributed by atoms with Crippen LogP contribution < -0.4 is 5.32 Å². The minimum absolute atomic E-state index is 0.298. The van der Waals surface area contributed by atoms with Gasteiger partial charge in [0.15, 0.2) is 5.78 Å². The number of aryl methyl sites for hydroxylation is 1. The van der Waals surface area contributed by atoms with E-state index in [9.17, 15) is 4.79 Å². The highest BCUT2D eigenvalue weighted by atomic mass is 16.1. The first-order chi connectivity index (χ1) is 7.77. The van der Waals surface area contributed by atoms with Crippen LogP contribution in [0.3, 0.4) is 0 Å². The molecular formula is C14H19NO. The molecule has 1 unspecified atom stereocenters. The van der Waals surface area contributed by atoms with Crippen LogP contribution in [0, 0.1) is 12.8 Å². The first-order valence-corrected chi connectivity index (χ1v) is 6.07. The molecule has 1 saturated heterocycles. The Morgan fingerprint density at radius 3 is 2.94 bits per heavy atom. The van der Waals surface area contributed by atoms with Gasteiger partial charge in [0.25, 0.3) is 0 Å². The summed E-state index contributed by atoms with van der Waals surface area (Å²) in [6.07, 6.45) is 3.08. The number of hydrogen-bond acceptors (Lipinski definition) is 2. The van der Waals surface area contributed by atoms with Crippen molar-refractivity contribution in [3.05, 3.63) is 35.4 Å². The molecule has 1 heterocycles. The van der Waals surface area contributed by atoms with Crippen LogP contribution >= 0.6 is 0 Å². The molecule has 0 saturated carbocycles. The minimum atomic E-state index is 0.298. The summed E-state index contributed by atoms with van der Waals surface area (Å²) < 4.78 is 0. The van der Waals surface area contributed by atoms with Crippen LogP contribution in [-0.4, -0.2) is 18.9 Å². The highest BCUT2D eigenvalue weighted by molar-refractivity contribution is 5.97. The van der Waals surface area contributed by atoms with Gasteiger partial charge in [-0.2, -0.15) is 0 Å². The Labute approximate surface area is 97.1 Å². The molecular weight excluding hydrogens is 198 g/mol. The lowest BCUT2D eigenvalue weighted by atomic mass is 9.91. The van der Waals surface area contributed by atoms with Crippen molar-refractivity contribution in [2.75, 3.05) is 13.1 Å². The zero-order valence-electron chi connectivity index (χ0n) is 9.83. The van der Waals surface area contributed by atoms with Crippen LogP contribution in [0.4, 0.5) is 0 Å². The van der Waals surface area contributed by atoms with Gasteiger partial charge in [-0.25, -0.2) is 0 Å². The average molecular weight is 217 g/mol. The van der Waals surface area contributed by atoms with E-state index in [-0.39, 0.29) is 0 Å². The topological polar surface area (TPSA) is 29.1 Å². The van der Waals surface area contributed by atoms with Gasteiger partial charge in [0.05, 0.1) is 0 Å². The Morgan fingerprint density at radius 1 is 1.44 bits per heavy atom. The van der Waals surface area contributed by atoms with Gasteiger partial charge in [-0.1, -0.05) is 24.3 Å². The summed E-state index contributed by atoms with van der Waals surface area (Å²) in [5, 5.41) is 3.35. The second kappa shape index (κ2) is 5.26. The molecule has 2 nitrogen and oxygen atoms in total. The Morgan fingerprint density at radius 2 is 2.25 bits per heavy atom. The number of piperidine rings is 1. The molecule has 16 heavy (non-hydrogen) atoms. The number of rotatable bonds is 3. The molecule has 0 spiro atoms. The van der Waals surface area contributed by atoms with Crippen LogP contribution in [-0.2, 0) is 0 Å². The largest absolute Gasteiger partial charge is 0.316 e. The van der Waals surface area contributed by atoms with Crippen LogP contribution in [0.2, 0.25) is 0 Å². The Balaban J connectivity index is 2.00. The van der Waals surface area contributed by atoms with Crippen LogP contribution in [0.5, 0.6) is 0 Å². The van der Waals surface area contributed by atoms with Gasteiger partial charge in [0.2, 0.25) is 0 Å². The average Bonchev–Trinajstić information content (AvgIpc) is 2.31. The van der Waals surface area contributed by atoms with Gasteiger partial charge in [0, 0.05) is 12.0 Å². The molecule has 1 atom stereocenters. The van der Waals surface area contributed by atoms with E-state index in [0.29, 0.717) is 18.1 Å². The van der Waals surface area contributed by atoms with Crippen LogP contribution in [0.15, 0.2) is 24.3 Å². The third-order valence-electron chi connectivity index (χ3n) is 3.32. The zero-order valence-corrected chi connectivity index (χ0v) is 9.83. The molecule has 0 amide bonds. The molecule has 0 aromatic heterocycles. The third kappa shape index (κ3) is 2.70. The lowest BCUT2D eigenvalue weighted by Crippen LogP contribution is -2.31. The Hall–Kier alpha value is -1.15. The molecule has 0 aliphatic carbocycles. The van der Waals surface area contributed by atoms with Crippen molar-refractivity contribution in [3.63, 3.8) is 0 Å². The molecule has 1 aliphatic heterocycles. The van der Waals surface area contributed by atoms with Gasteiger partial charge in [-0.3, -0.25) is 4.79 Å². The van der Waals surface area contributed by atoms with E-state index in [1.807, 2.05) is 31.2 Å². The number of Topliss-reactive ketones (excluding diaryl/α,β-unsaturated/α-hetero) is 1. The summed E-state index contributed by atoms with van der Waals surface area (Å²) in [5.74, 6) is 0.827. The van der Waals surface area contributed by atoms with Crippen molar-refractivity contribution < 1.29 is 4.79 Å². The fourth-order valence-corrected chi connectivity index (χ4v) is 2.36. The summed E-state index contributed by atoms with van der Waals surface area (Å²) in [7, 11) is 0. The summed E-state index contributed by atoms with van der Waals surface area (Å²) in [6.45, 7) is 4.11. The Kier molecular flexibility index (Phi) is 3.73. The number of nitrogens with one attached hydrogen (secondary N) is 1. The standard InChI is InChI=1S/C14H19NO/c1-11-5-2-3-7-13(11)14(16)9-12-6-4-8-15-10-12/h2-3,5,7,12,15H,4,6,8-10H2,1H3. The van der Waals surface area contributed by atoms with Crippen molar-refractivity contribution in [1.29, 1.82) is 0 Å². The molecule has 0 radical (unpaired) electrons. The number of carbonyl (C=O) groups is 1. The molecule has 1 fully saturated rings. The zero-order chi connectivity index (χ0) is 11.4. The molecule has 1 aliphatic rings. The molecule has 1 N–H and O–H groups in total. The second-order valence-electron chi connectivity index (χ2n) is 4.65.